The van der Waals surface area contributed by atoms with Crippen molar-refractivity contribution >= 4 is 16.3 Å². The third-order valence-corrected chi connectivity index (χ3v) is 3.38. The fraction of sp³-hybridized carbons (Fsp3) is 0.200. The highest BCUT2D eigenvalue weighted by atomic mass is 127. The number of hydrogen-bond acceptors (Lipinski definition) is 4. The Morgan fingerprint density at radius 3 is 2.70 bits per heavy atom. The van der Waals surface area contributed by atoms with Crippen LogP contribution < -0.4 is 28.5 Å². The van der Waals surface area contributed by atoms with Gasteiger partial charge in [0.2, 0.25) is 4.96 Å². The van der Waals surface area contributed by atoms with E-state index in [1.807, 2.05) is 13.2 Å². The van der Waals surface area contributed by atoms with Crippen molar-refractivity contribution in [1.29, 1.82) is 0 Å². The third kappa shape index (κ3) is 2.61. The van der Waals surface area contributed by atoms with Gasteiger partial charge in [-0.25, -0.2) is 4.57 Å². The van der Waals surface area contributed by atoms with Gasteiger partial charge in [-0.05, 0) is 6.07 Å². The molecule has 5 nitrogen and oxygen atoms in total. The van der Waals surface area contributed by atoms with Gasteiger partial charge >= 0.3 is 6.18 Å². The van der Waals surface area contributed by atoms with E-state index in [-0.39, 0.29) is 28.9 Å². The van der Waals surface area contributed by atoms with Crippen molar-refractivity contribution < 1.29 is 41.7 Å². The largest absolute Gasteiger partial charge is 1.00 e. The number of hydrogen-bond donors (Lipinski definition) is 0. The number of aromatic nitrogens is 5. The Balaban J connectivity index is 0.00000147. The van der Waals surface area contributed by atoms with E-state index < -0.39 is 12.0 Å². The Morgan fingerprint density at radius 2 is 2.05 bits per heavy atom. The molecule has 3 aromatic heterocycles. The van der Waals surface area contributed by atoms with Crippen LogP contribution in [0.15, 0.2) is 24.5 Å². The lowest BCUT2D eigenvalue weighted by Gasteiger charge is -2.00. The van der Waals surface area contributed by atoms with Crippen LogP contribution in [-0.2, 0) is 13.2 Å². The van der Waals surface area contributed by atoms with Crippen LogP contribution in [0.1, 0.15) is 5.82 Å². The number of halogens is 4. The van der Waals surface area contributed by atoms with E-state index in [4.69, 9.17) is 0 Å². The van der Waals surface area contributed by atoms with Crippen molar-refractivity contribution in [3.63, 3.8) is 0 Å². The molecule has 0 unspecified atom stereocenters. The van der Waals surface area contributed by atoms with Gasteiger partial charge in [0.05, 0.1) is 5.56 Å². The zero-order valence-electron chi connectivity index (χ0n) is 9.97. The minimum atomic E-state index is -4.56. The maximum Gasteiger partial charge on any atom is 0.453 e. The second kappa shape index (κ2) is 5.24. The molecule has 0 radical (unpaired) electrons. The summed E-state index contributed by atoms with van der Waals surface area (Å²) in [5.41, 5.74) is 0.730. The summed E-state index contributed by atoms with van der Waals surface area (Å²) in [4.78, 5) is 0.119. The summed E-state index contributed by atoms with van der Waals surface area (Å²) in [5.74, 6) is -1.11. The highest BCUT2D eigenvalue weighted by molar-refractivity contribution is 7.19. The lowest BCUT2D eigenvalue weighted by atomic mass is 10.3. The molecule has 20 heavy (non-hydrogen) atoms. The van der Waals surface area contributed by atoms with Gasteiger partial charge in [-0.3, -0.25) is 0 Å². The van der Waals surface area contributed by atoms with Gasteiger partial charge in [-0.2, -0.15) is 22.8 Å². The van der Waals surface area contributed by atoms with Gasteiger partial charge in [0.25, 0.3) is 5.82 Å². The van der Waals surface area contributed by atoms with Crippen LogP contribution in [0.2, 0.25) is 0 Å². The number of alkyl halides is 3. The Morgan fingerprint density at radius 1 is 1.30 bits per heavy atom. The number of rotatable bonds is 1. The molecule has 3 aromatic rings. The maximum absolute atomic E-state index is 12.7. The average Bonchev–Trinajstić information content (AvgIpc) is 2.85. The highest BCUT2D eigenvalue weighted by Gasteiger charge is 2.38. The molecule has 0 amide bonds. The van der Waals surface area contributed by atoms with Crippen molar-refractivity contribution in [2.24, 2.45) is 7.05 Å². The summed E-state index contributed by atoms with van der Waals surface area (Å²) >= 11 is 1.06. The number of fused-ring (bicyclic) bond motifs is 1. The summed E-state index contributed by atoms with van der Waals surface area (Å²) in [7, 11) is 1.82. The first-order valence-electron chi connectivity index (χ1n) is 5.20. The van der Waals surface area contributed by atoms with E-state index in [0.29, 0.717) is 5.01 Å². The zero-order valence-corrected chi connectivity index (χ0v) is 12.9. The van der Waals surface area contributed by atoms with E-state index in [1.165, 1.54) is 0 Å². The van der Waals surface area contributed by atoms with Crippen molar-refractivity contribution in [3.05, 3.63) is 30.4 Å². The predicted molar refractivity (Wildman–Crippen MR) is 60.3 cm³/mol. The topological polar surface area (TPSA) is 47.0 Å². The standard InChI is InChI=1S/C10H7F3N5S.HI/c1-17-4-2-3-6(5-17)7-16-18-8(10(11,12)13)14-15-9(18)19-7;/h2-5H,1H3;1H/q+1;/p-1. The molecule has 10 heteroatoms. The Hall–Kier alpha value is -1.30. The average molecular weight is 413 g/mol. The predicted octanol–water partition coefficient (Wildman–Crippen LogP) is -1.30. The van der Waals surface area contributed by atoms with Crippen molar-refractivity contribution in [2.75, 3.05) is 0 Å². The van der Waals surface area contributed by atoms with Crippen LogP contribution in [0.3, 0.4) is 0 Å². The molecule has 0 aromatic carbocycles. The summed E-state index contributed by atoms with van der Waals surface area (Å²) in [5, 5.41) is 11.0. The van der Waals surface area contributed by atoms with Gasteiger partial charge in [-0.1, -0.05) is 11.3 Å². The monoisotopic (exact) mass is 413 g/mol. The van der Waals surface area contributed by atoms with Gasteiger partial charge in [0.15, 0.2) is 17.4 Å². The third-order valence-electron chi connectivity index (χ3n) is 2.43. The van der Waals surface area contributed by atoms with Crippen molar-refractivity contribution in [3.8, 4) is 10.6 Å². The van der Waals surface area contributed by atoms with Gasteiger partial charge < -0.3 is 24.0 Å². The molecular formula is C10H7F3IN5S. The van der Waals surface area contributed by atoms with Crippen LogP contribution in [0, 0.1) is 0 Å². The molecule has 0 spiro atoms. The Kier molecular flexibility index (Phi) is 3.95. The molecule has 0 saturated heterocycles. The fourth-order valence-corrected chi connectivity index (χ4v) is 2.45. The molecule has 106 valence electrons. The van der Waals surface area contributed by atoms with Gasteiger partial charge in [-0.15, -0.1) is 10.2 Å². The highest BCUT2D eigenvalue weighted by Crippen LogP contribution is 2.31. The van der Waals surface area contributed by atoms with E-state index in [9.17, 15) is 13.2 Å². The van der Waals surface area contributed by atoms with E-state index in [0.717, 1.165) is 21.4 Å². The van der Waals surface area contributed by atoms with Crippen LogP contribution >= 0.6 is 11.3 Å². The summed E-state index contributed by atoms with van der Waals surface area (Å²) < 4.78 is 40.5. The smallest absolute Gasteiger partial charge is 0.453 e. The first-order valence-corrected chi connectivity index (χ1v) is 6.02. The number of aryl methyl sites for hydroxylation is 1. The molecule has 0 aliphatic rings. The minimum Gasteiger partial charge on any atom is -1.00 e. The van der Waals surface area contributed by atoms with Crippen LogP contribution in [0.25, 0.3) is 15.5 Å². The fourth-order valence-electron chi connectivity index (χ4n) is 1.62. The Labute approximate surface area is 132 Å². The van der Waals surface area contributed by atoms with E-state index in [1.54, 1.807) is 22.9 Å². The summed E-state index contributed by atoms with van der Waals surface area (Å²) in [6.45, 7) is 0. The zero-order chi connectivity index (χ0) is 13.6. The van der Waals surface area contributed by atoms with Gasteiger partial charge in [0.1, 0.15) is 7.05 Å². The molecule has 0 saturated carbocycles. The summed E-state index contributed by atoms with van der Waals surface area (Å²) in [6, 6.07) is 3.57. The molecule has 0 N–H and O–H groups in total. The molecule has 0 aliphatic heterocycles. The number of pyridine rings is 1. The normalized spacial score (nSPS) is 11.6. The molecule has 0 atom stereocenters. The van der Waals surface area contributed by atoms with Crippen LogP contribution in [0.5, 0.6) is 0 Å². The molecular weight excluding hydrogens is 406 g/mol. The molecule has 0 bridgehead atoms. The lowest BCUT2D eigenvalue weighted by Crippen LogP contribution is -3.00. The van der Waals surface area contributed by atoms with Crippen molar-refractivity contribution in [2.45, 2.75) is 6.18 Å². The summed E-state index contributed by atoms with van der Waals surface area (Å²) in [6.07, 6.45) is -0.962. The van der Waals surface area contributed by atoms with Crippen LogP contribution in [0.4, 0.5) is 13.2 Å². The molecule has 3 rings (SSSR count). The number of nitrogens with zero attached hydrogens (tertiary/aromatic N) is 5. The minimum absolute atomic E-state index is 0. The second-order valence-electron chi connectivity index (χ2n) is 3.88. The first-order chi connectivity index (χ1) is 8.95. The second-order valence-corrected chi connectivity index (χ2v) is 4.84. The first kappa shape index (κ1) is 15.1. The van der Waals surface area contributed by atoms with Crippen molar-refractivity contribution in [1.82, 2.24) is 19.8 Å². The molecule has 0 fully saturated rings. The lowest BCUT2D eigenvalue weighted by molar-refractivity contribution is -0.671. The molecule has 0 aliphatic carbocycles. The van der Waals surface area contributed by atoms with Gasteiger partial charge in [0, 0.05) is 6.07 Å². The maximum atomic E-state index is 12.7. The van der Waals surface area contributed by atoms with E-state index in [2.05, 4.69) is 15.3 Å². The molecule has 3 heterocycles. The SMILES string of the molecule is C[n+]1cccc(-c2nn3c(C(F)(F)F)nnc3s2)c1.[I-]. The quantitative estimate of drug-likeness (QED) is 0.368. The van der Waals surface area contributed by atoms with E-state index >= 15 is 0 Å². The Bertz CT molecular complexity index is 751. The van der Waals surface area contributed by atoms with Crippen LogP contribution in [-0.4, -0.2) is 19.8 Å².